The first-order chi connectivity index (χ1) is 10.2. The quantitative estimate of drug-likeness (QED) is 0.805. The molecule has 108 valence electrons. The lowest BCUT2D eigenvalue weighted by molar-refractivity contribution is 0.0946. The topological polar surface area (TPSA) is 39.2 Å². The van der Waals surface area contributed by atoms with Crippen molar-refractivity contribution in [2.24, 2.45) is 0 Å². The third-order valence-corrected chi connectivity index (χ3v) is 4.13. The second-order valence-corrected chi connectivity index (χ2v) is 5.56. The molecule has 3 nitrogen and oxygen atoms in total. The molecule has 0 saturated heterocycles. The Bertz CT molecular complexity index is 679. The lowest BCUT2D eigenvalue weighted by Crippen LogP contribution is -2.20. The molecule has 0 bridgehead atoms. The van der Waals surface area contributed by atoms with Crippen molar-refractivity contribution in [2.75, 3.05) is 7.11 Å². The van der Waals surface area contributed by atoms with Crippen LogP contribution in [0.25, 0.3) is 0 Å². The Balaban J connectivity index is 2.00. The van der Waals surface area contributed by atoms with Crippen molar-refractivity contribution in [2.45, 2.75) is 32.1 Å². The maximum Gasteiger partial charge on any atom is 0.175 e. The smallest absolute Gasteiger partial charge is 0.175 e. The molecule has 1 aliphatic carbocycles. The normalized spacial score (nSPS) is 17.1. The van der Waals surface area contributed by atoms with Crippen molar-refractivity contribution in [3.63, 3.8) is 0 Å². The second kappa shape index (κ2) is 5.68. The highest BCUT2D eigenvalue weighted by Crippen LogP contribution is 2.34. The van der Waals surface area contributed by atoms with Crippen LogP contribution in [0.3, 0.4) is 0 Å². The van der Waals surface area contributed by atoms with E-state index in [1.807, 2.05) is 31.2 Å². The highest BCUT2D eigenvalue weighted by molar-refractivity contribution is 6.03. The molecule has 0 N–H and O–H groups in total. The van der Waals surface area contributed by atoms with Gasteiger partial charge in [0, 0.05) is 6.20 Å². The molecular weight excluding hydrogens is 262 g/mol. The fourth-order valence-corrected chi connectivity index (χ4v) is 3.05. The standard InChI is InChI=1S/C18H19NO2/c1-12-8-9-14(16(11-12)21-2)18(20)15-7-3-5-13-6-4-10-19-17(13)15/h4,6,8-11,15H,3,5,7H2,1-2H3. The van der Waals surface area contributed by atoms with Crippen LogP contribution in [0.1, 0.15) is 45.9 Å². The summed E-state index contributed by atoms with van der Waals surface area (Å²) >= 11 is 0. The summed E-state index contributed by atoms with van der Waals surface area (Å²) in [5.41, 5.74) is 3.89. The Morgan fingerprint density at radius 2 is 2.19 bits per heavy atom. The lowest BCUT2D eigenvalue weighted by Gasteiger charge is -2.23. The fraction of sp³-hybridized carbons (Fsp3) is 0.333. The zero-order valence-corrected chi connectivity index (χ0v) is 12.4. The number of methoxy groups -OCH3 is 1. The van der Waals surface area contributed by atoms with Crippen molar-refractivity contribution in [3.05, 3.63) is 58.9 Å². The molecular formula is C18H19NO2. The number of ketones is 1. The minimum absolute atomic E-state index is 0.117. The van der Waals surface area contributed by atoms with Crippen molar-refractivity contribution < 1.29 is 9.53 Å². The third kappa shape index (κ3) is 2.56. The Kier molecular flexibility index (Phi) is 3.74. The van der Waals surface area contributed by atoms with Gasteiger partial charge >= 0.3 is 0 Å². The van der Waals surface area contributed by atoms with E-state index in [4.69, 9.17) is 4.74 Å². The highest BCUT2D eigenvalue weighted by Gasteiger charge is 2.29. The molecule has 1 aliphatic rings. The van der Waals surface area contributed by atoms with Gasteiger partial charge in [0.15, 0.2) is 5.78 Å². The van der Waals surface area contributed by atoms with Crippen LogP contribution in [0, 0.1) is 6.92 Å². The summed E-state index contributed by atoms with van der Waals surface area (Å²) in [6.45, 7) is 1.99. The van der Waals surface area contributed by atoms with Gasteiger partial charge < -0.3 is 4.74 Å². The molecule has 0 fully saturated rings. The molecule has 0 saturated carbocycles. The van der Waals surface area contributed by atoms with E-state index in [0.717, 1.165) is 30.5 Å². The van der Waals surface area contributed by atoms with E-state index in [-0.39, 0.29) is 11.7 Å². The minimum atomic E-state index is -0.147. The Hall–Kier alpha value is -2.16. The molecule has 1 heterocycles. The van der Waals surface area contributed by atoms with Gasteiger partial charge in [0.1, 0.15) is 5.75 Å². The van der Waals surface area contributed by atoms with Crippen LogP contribution in [0.5, 0.6) is 5.75 Å². The van der Waals surface area contributed by atoms with E-state index in [9.17, 15) is 4.79 Å². The van der Waals surface area contributed by atoms with Crippen molar-refractivity contribution >= 4 is 5.78 Å². The Morgan fingerprint density at radius 3 is 3.00 bits per heavy atom. The number of ether oxygens (including phenoxy) is 1. The van der Waals surface area contributed by atoms with Crippen LogP contribution in [-0.4, -0.2) is 17.9 Å². The van der Waals surface area contributed by atoms with Crippen LogP contribution >= 0.6 is 0 Å². The van der Waals surface area contributed by atoms with Gasteiger partial charge in [0.25, 0.3) is 0 Å². The summed E-state index contributed by atoms with van der Waals surface area (Å²) in [5.74, 6) is 0.626. The van der Waals surface area contributed by atoms with E-state index < -0.39 is 0 Å². The summed E-state index contributed by atoms with van der Waals surface area (Å²) in [6.07, 6.45) is 4.68. The lowest BCUT2D eigenvalue weighted by atomic mass is 9.81. The van der Waals surface area contributed by atoms with Gasteiger partial charge in [0.05, 0.1) is 24.3 Å². The first kappa shape index (κ1) is 13.8. The van der Waals surface area contributed by atoms with Crippen molar-refractivity contribution in [1.82, 2.24) is 4.98 Å². The zero-order chi connectivity index (χ0) is 14.8. The third-order valence-electron chi connectivity index (χ3n) is 4.13. The highest BCUT2D eigenvalue weighted by atomic mass is 16.5. The number of fused-ring (bicyclic) bond motifs is 1. The first-order valence-electron chi connectivity index (χ1n) is 7.33. The summed E-state index contributed by atoms with van der Waals surface area (Å²) in [5, 5.41) is 0. The van der Waals surface area contributed by atoms with Crippen molar-refractivity contribution in [3.8, 4) is 5.75 Å². The number of aromatic nitrogens is 1. The number of carbonyl (C=O) groups is 1. The molecule has 1 aromatic heterocycles. The number of hydrogen-bond acceptors (Lipinski definition) is 3. The van der Waals surface area contributed by atoms with E-state index in [1.165, 1.54) is 5.56 Å². The molecule has 1 aromatic carbocycles. The summed E-state index contributed by atoms with van der Waals surface area (Å²) in [4.78, 5) is 17.4. The van der Waals surface area contributed by atoms with Crippen molar-refractivity contribution in [1.29, 1.82) is 0 Å². The van der Waals surface area contributed by atoms with E-state index >= 15 is 0 Å². The molecule has 0 amide bonds. The fourth-order valence-electron chi connectivity index (χ4n) is 3.05. The molecule has 0 aliphatic heterocycles. The largest absolute Gasteiger partial charge is 0.496 e. The van der Waals surface area contributed by atoms with Crippen LogP contribution in [0.2, 0.25) is 0 Å². The minimum Gasteiger partial charge on any atom is -0.496 e. The van der Waals surface area contributed by atoms with Gasteiger partial charge in [-0.2, -0.15) is 0 Å². The molecule has 1 atom stereocenters. The number of Topliss-reactive ketones (excluding diaryl/α,β-unsaturated/α-hetero) is 1. The van der Waals surface area contributed by atoms with E-state index in [0.29, 0.717) is 11.3 Å². The number of rotatable bonds is 3. The van der Waals surface area contributed by atoms with Gasteiger partial charge in [-0.25, -0.2) is 0 Å². The summed E-state index contributed by atoms with van der Waals surface area (Å²) in [7, 11) is 1.61. The number of pyridine rings is 1. The van der Waals surface area contributed by atoms with Gasteiger partial charge in [-0.15, -0.1) is 0 Å². The molecule has 0 radical (unpaired) electrons. The number of nitrogens with zero attached hydrogens (tertiary/aromatic N) is 1. The van der Waals surface area contributed by atoms with Gasteiger partial charge in [-0.05, 0) is 55.5 Å². The molecule has 0 spiro atoms. The maximum absolute atomic E-state index is 12.9. The van der Waals surface area contributed by atoms with Crippen LogP contribution < -0.4 is 4.74 Å². The van der Waals surface area contributed by atoms with Gasteiger partial charge in [0.2, 0.25) is 0 Å². The molecule has 3 rings (SSSR count). The Labute approximate surface area is 125 Å². The molecule has 2 aromatic rings. The molecule has 1 unspecified atom stereocenters. The predicted molar refractivity (Wildman–Crippen MR) is 82.0 cm³/mol. The van der Waals surface area contributed by atoms with Crippen LogP contribution in [0.4, 0.5) is 0 Å². The average molecular weight is 281 g/mol. The number of carbonyl (C=O) groups excluding carboxylic acids is 1. The zero-order valence-electron chi connectivity index (χ0n) is 12.4. The second-order valence-electron chi connectivity index (χ2n) is 5.56. The molecule has 21 heavy (non-hydrogen) atoms. The predicted octanol–water partition coefficient (Wildman–Crippen LogP) is 3.70. The first-order valence-corrected chi connectivity index (χ1v) is 7.33. The number of aryl methyl sites for hydroxylation is 2. The van der Waals surface area contributed by atoms with Gasteiger partial charge in [-0.1, -0.05) is 12.1 Å². The SMILES string of the molecule is COc1cc(C)ccc1C(=O)C1CCCc2cccnc21. The van der Waals surface area contributed by atoms with Gasteiger partial charge in [-0.3, -0.25) is 9.78 Å². The number of hydrogen-bond donors (Lipinski definition) is 0. The maximum atomic E-state index is 12.9. The average Bonchev–Trinajstić information content (AvgIpc) is 2.53. The Morgan fingerprint density at radius 1 is 1.33 bits per heavy atom. The van der Waals surface area contributed by atoms with Crippen LogP contribution in [0.15, 0.2) is 36.5 Å². The van der Waals surface area contributed by atoms with E-state index in [1.54, 1.807) is 13.3 Å². The summed E-state index contributed by atoms with van der Waals surface area (Å²) in [6, 6.07) is 9.76. The van der Waals surface area contributed by atoms with Crippen LogP contribution in [-0.2, 0) is 6.42 Å². The molecule has 3 heteroatoms. The monoisotopic (exact) mass is 281 g/mol. The number of benzene rings is 1. The summed E-state index contributed by atoms with van der Waals surface area (Å²) < 4.78 is 5.38. The van der Waals surface area contributed by atoms with E-state index in [2.05, 4.69) is 11.1 Å².